The number of nitrogens with zero attached hydrogens (tertiary/aromatic N) is 1. The van der Waals surface area contributed by atoms with E-state index in [1.165, 1.54) is 11.3 Å². The van der Waals surface area contributed by atoms with Crippen molar-refractivity contribution >= 4 is 23.7 Å². The van der Waals surface area contributed by atoms with Gasteiger partial charge in [0.15, 0.2) is 0 Å². The van der Waals surface area contributed by atoms with Crippen LogP contribution in [0.2, 0.25) is 0 Å². The SMILES string of the molecule is Cl.FC(F)(F)c1ccc([C@H](c2cccs2)N2CCNCC2)c(C(F)(F)F)c1. The Balaban J connectivity index is 0.00000261. The van der Waals surface area contributed by atoms with Crippen molar-refractivity contribution in [3.63, 3.8) is 0 Å². The third kappa shape index (κ3) is 4.96. The minimum Gasteiger partial charge on any atom is -0.314 e. The van der Waals surface area contributed by atoms with Crippen LogP contribution < -0.4 is 5.32 Å². The number of benzene rings is 1. The lowest BCUT2D eigenvalue weighted by Crippen LogP contribution is -2.45. The first-order valence-electron chi connectivity index (χ1n) is 7.94. The molecule has 3 rings (SSSR count). The van der Waals surface area contributed by atoms with Crippen LogP contribution in [-0.4, -0.2) is 31.1 Å². The van der Waals surface area contributed by atoms with Crippen molar-refractivity contribution in [3.05, 3.63) is 57.3 Å². The number of alkyl halides is 6. The quantitative estimate of drug-likeness (QED) is 0.673. The van der Waals surface area contributed by atoms with Gasteiger partial charge in [-0.05, 0) is 29.1 Å². The maximum atomic E-state index is 13.6. The van der Waals surface area contributed by atoms with E-state index in [1.807, 2.05) is 4.90 Å². The van der Waals surface area contributed by atoms with E-state index in [9.17, 15) is 26.3 Å². The Morgan fingerprint density at radius 1 is 0.963 bits per heavy atom. The van der Waals surface area contributed by atoms with Crippen molar-refractivity contribution in [3.8, 4) is 0 Å². The molecular formula is C17H17ClF6N2S. The average molecular weight is 431 g/mol. The van der Waals surface area contributed by atoms with Gasteiger partial charge in [-0.1, -0.05) is 12.1 Å². The van der Waals surface area contributed by atoms with Gasteiger partial charge in [-0.25, -0.2) is 0 Å². The summed E-state index contributed by atoms with van der Waals surface area (Å²) in [5, 5.41) is 4.88. The molecule has 150 valence electrons. The molecule has 27 heavy (non-hydrogen) atoms. The zero-order chi connectivity index (χ0) is 18.9. The maximum Gasteiger partial charge on any atom is 0.416 e. The molecule has 2 aromatic rings. The second-order valence-corrected chi connectivity index (χ2v) is 6.98. The predicted octanol–water partition coefficient (Wildman–Crippen LogP) is 5.20. The molecular weight excluding hydrogens is 414 g/mol. The predicted molar refractivity (Wildman–Crippen MR) is 94.3 cm³/mol. The minimum atomic E-state index is -4.87. The minimum absolute atomic E-state index is 0. The molecule has 0 saturated carbocycles. The molecule has 1 fully saturated rings. The lowest BCUT2D eigenvalue weighted by Gasteiger charge is -2.36. The lowest BCUT2D eigenvalue weighted by molar-refractivity contribution is -0.143. The fourth-order valence-electron chi connectivity index (χ4n) is 3.13. The molecule has 0 aliphatic carbocycles. The summed E-state index contributed by atoms with van der Waals surface area (Å²) in [6.07, 6.45) is -9.70. The van der Waals surface area contributed by atoms with Crippen molar-refractivity contribution in [2.75, 3.05) is 26.2 Å². The number of hydrogen-bond donors (Lipinski definition) is 1. The van der Waals surface area contributed by atoms with E-state index < -0.39 is 29.5 Å². The molecule has 1 atom stereocenters. The second-order valence-electron chi connectivity index (χ2n) is 6.00. The van der Waals surface area contributed by atoms with E-state index in [1.54, 1.807) is 17.5 Å². The van der Waals surface area contributed by atoms with Crippen LogP contribution in [0.4, 0.5) is 26.3 Å². The Hall–Kier alpha value is -1.29. The number of halogens is 7. The Morgan fingerprint density at radius 3 is 2.15 bits per heavy atom. The standard InChI is InChI=1S/C17H16F6N2S.ClH/c18-16(19,20)11-3-4-12(13(10-11)17(21,22)23)15(14-2-1-9-26-14)25-7-5-24-6-8-25;/h1-4,9-10,15,24H,5-8H2;1H/t15-;/m1./s1. The third-order valence-electron chi connectivity index (χ3n) is 4.31. The van der Waals surface area contributed by atoms with E-state index in [-0.39, 0.29) is 24.0 Å². The lowest BCUT2D eigenvalue weighted by atomic mass is 9.94. The monoisotopic (exact) mass is 430 g/mol. The molecule has 1 N–H and O–H groups in total. The summed E-state index contributed by atoms with van der Waals surface area (Å²) in [6, 6.07) is 4.64. The van der Waals surface area contributed by atoms with Crippen LogP contribution in [0.5, 0.6) is 0 Å². The van der Waals surface area contributed by atoms with Crippen LogP contribution in [0.25, 0.3) is 0 Å². The van der Waals surface area contributed by atoms with Gasteiger partial charge in [0.2, 0.25) is 0 Å². The first-order chi connectivity index (χ1) is 12.2. The van der Waals surface area contributed by atoms with E-state index in [0.29, 0.717) is 31.1 Å². The summed E-state index contributed by atoms with van der Waals surface area (Å²) in [5.41, 5.74) is -2.67. The molecule has 1 saturated heterocycles. The van der Waals surface area contributed by atoms with E-state index in [4.69, 9.17) is 0 Å². The van der Waals surface area contributed by atoms with Crippen molar-refractivity contribution in [2.45, 2.75) is 18.4 Å². The highest BCUT2D eigenvalue weighted by Gasteiger charge is 2.41. The topological polar surface area (TPSA) is 15.3 Å². The smallest absolute Gasteiger partial charge is 0.314 e. The molecule has 0 amide bonds. The van der Waals surface area contributed by atoms with Gasteiger partial charge in [-0.15, -0.1) is 23.7 Å². The van der Waals surface area contributed by atoms with Crippen molar-refractivity contribution < 1.29 is 26.3 Å². The first-order valence-corrected chi connectivity index (χ1v) is 8.82. The summed E-state index contributed by atoms with van der Waals surface area (Å²) in [6.45, 7) is 2.26. The maximum absolute atomic E-state index is 13.6. The number of nitrogens with one attached hydrogen (secondary N) is 1. The van der Waals surface area contributed by atoms with Crippen molar-refractivity contribution in [1.82, 2.24) is 10.2 Å². The van der Waals surface area contributed by atoms with Crippen LogP contribution in [0.1, 0.15) is 27.6 Å². The summed E-state index contributed by atoms with van der Waals surface area (Å²) < 4.78 is 79.6. The Kier molecular flexibility index (Phi) is 6.83. The van der Waals surface area contributed by atoms with Gasteiger partial charge < -0.3 is 5.32 Å². The molecule has 0 radical (unpaired) electrons. The van der Waals surface area contributed by atoms with Gasteiger partial charge in [0.25, 0.3) is 0 Å². The molecule has 2 heterocycles. The zero-order valence-electron chi connectivity index (χ0n) is 13.9. The molecule has 0 bridgehead atoms. The van der Waals surface area contributed by atoms with Gasteiger partial charge >= 0.3 is 12.4 Å². The highest BCUT2D eigenvalue weighted by Crippen LogP contribution is 2.43. The van der Waals surface area contributed by atoms with Crippen molar-refractivity contribution in [1.29, 1.82) is 0 Å². The summed E-state index contributed by atoms with van der Waals surface area (Å²) >= 11 is 1.30. The van der Waals surface area contributed by atoms with Crippen LogP contribution in [0.15, 0.2) is 35.7 Å². The first kappa shape index (κ1) is 22.0. The van der Waals surface area contributed by atoms with E-state index in [2.05, 4.69) is 5.32 Å². The molecule has 1 aliphatic heterocycles. The van der Waals surface area contributed by atoms with Crippen molar-refractivity contribution in [2.24, 2.45) is 0 Å². The number of hydrogen-bond acceptors (Lipinski definition) is 3. The van der Waals surface area contributed by atoms with Gasteiger partial charge in [-0.3, -0.25) is 4.90 Å². The van der Waals surface area contributed by atoms with Crippen LogP contribution in [0.3, 0.4) is 0 Å². The Bertz CT molecular complexity index is 739. The van der Waals surface area contributed by atoms with Crippen LogP contribution in [0, 0.1) is 0 Å². The van der Waals surface area contributed by atoms with Gasteiger partial charge in [-0.2, -0.15) is 26.3 Å². The molecule has 0 unspecified atom stereocenters. The van der Waals surface area contributed by atoms with Crippen LogP contribution in [-0.2, 0) is 12.4 Å². The zero-order valence-corrected chi connectivity index (χ0v) is 15.5. The summed E-state index contributed by atoms with van der Waals surface area (Å²) in [4.78, 5) is 2.55. The fourth-order valence-corrected chi connectivity index (χ4v) is 4.01. The van der Waals surface area contributed by atoms with Gasteiger partial charge in [0.05, 0.1) is 17.2 Å². The summed E-state index contributed by atoms with van der Waals surface area (Å²) in [7, 11) is 0. The Morgan fingerprint density at radius 2 is 1.63 bits per heavy atom. The highest BCUT2D eigenvalue weighted by atomic mass is 35.5. The molecule has 2 nitrogen and oxygen atoms in total. The molecule has 10 heteroatoms. The molecule has 1 aromatic heterocycles. The van der Waals surface area contributed by atoms with E-state index >= 15 is 0 Å². The van der Waals surface area contributed by atoms with E-state index in [0.717, 1.165) is 12.1 Å². The third-order valence-corrected chi connectivity index (χ3v) is 5.23. The Labute approximate surface area is 162 Å². The number of thiophene rings is 1. The average Bonchev–Trinajstić information content (AvgIpc) is 3.08. The highest BCUT2D eigenvalue weighted by molar-refractivity contribution is 7.10. The summed E-state index contributed by atoms with van der Waals surface area (Å²) in [5.74, 6) is 0. The normalized spacial score (nSPS) is 17.4. The van der Waals surface area contributed by atoms with Crippen LogP contribution >= 0.6 is 23.7 Å². The fraction of sp³-hybridized carbons (Fsp3) is 0.412. The largest absolute Gasteiger partial charge is 0.416 e. The molecule has 1 aromatic carbocycles. The molecule has 1 aliphatic rings. The van der Waals surface area contributed by atoms with Gasteiger partial charge in [0.1, 0.15) is 0 Å². The second kappa shape index (κ2) is 8.38. The number of rotatable bonds is 3. The number of piperazine rings is 1. The molecule has 0 spiro atoms. The van der Waals surface area contributed by atoms with Gasteiger partial charge in [0, 0.05) is 31.1 Å².